The van der Waals surface area contributed by atoms with Crippen molar-refractivity contribution < 1.29 is 18.0 Å². The second-order valence-electron chi connectivity index (χ2n) is 9.53. The van der Waals surface area contributed by atoms with E-state index in [1.54, 1.807) is 17.0 Å². The Morgan fingerprint density at radius 3 is 2.65 bits per heavy atom. The van der Waals surface area contributed by atoms with E-state index in [0.29, 0.717) is 11.2 Å². The molecule has 5 rings (SSSR count). The number of amides is 1. The van der Waals surface area contributed by atoms with Crippen LogP contribution in [0, 0.1) is 5.92 Å². The summed E-state index contributed by atoms with van der Waals surface area (Å²) in [4.78, 5) is 25.6. The zero-order valence-corrected chi connectivity index (χ0v) is 20.1. The highest BCUT2D eigenvalue weighted by Crippen LogP contribution is 2.36. The quantitative estimate of drug-likeness (QED) is 0.419. The van der Waals surface area contributed by atoms with Gasteiger partial charge in [0.15, 0.2) is 5.69 Å². The zero-order valence-electron chi connectivity index (χ0n) is 20.1. The number of nitrogens with two attached hydrogens (primary N) is 2. The van der Waals surface area contributed by atoms with Crippen LogP contribution in [0.5, 0.6) is 0 Å². The Labute approximate surface area is 212 Å². The molecule has 2 aliphatic heterocycles. The van der Waals surface area contributed by atoms with Gasteiger partial charge in [0.2, 0.25) is 0 Å². The van der Waals surface area contributed by atoms with Gasteiger partial charge in [0.25, 0.3) is 5.91 Å². The van der Waals surface area contributed by atoms with E-state index < -0.39 is 24.0 Å². The predicted octanol–water partition coefficient (Wildman–Crippen LogP) is 2.59. The van der Waals surface area contributed by atoms with Crippen molar-refractivity contribution in [3.8, 4) is 0 Å². The highest BCUT2D eigenvalue weighted by molar-refractivity contribution is 6.09. The highest BCUT2D eigenvalue weighted by Gasteiger charge is 2.44. The smallest absolute Gasteiger partial charge is 0.393 e. The van der Waals surface area contributed by atoms with Gasteiger partial charge >= 0.3 is 6.18 Å². The molecule has 4 heterocycles. The third-order valence-corrected chi connectivity index (χ3v) is 6.86. The number of anilines is 4. The summed E-state index contributed by atoms with van der Waals surface area (Å²) in [6, 6.07) is 8.47. The van der Waals surface area contributed by atoms with E-state index in [1.165, 1.54) is 12.4 Å². The maximum absolute atomic E-state index is 13.5. The normalized spacial score (nSPS) is 20.8. The van der Waals surface area contributed by atoms with Gasteiger partial charge in [0.05, 0.1) is 34.7 Å². The number of pyridine rings is 2. The number of nitrogen functional groups attached to an aromatic ring is 1. The fourth-order valence-corrected chi connectivity index (χ4v) is 4.99. The molecular weight excluding hydrogens is 485 g/mol. The highest BCUT2D eigenvalue weighted by atomic mass is 19.4. The fraction of sp³-hybridized carbons (Fsp3) is 0.400. The number of piperidine rings is 1. The van der Waals surface area contributed by atoms with Gasteiger partial charge in [-0.2, -0.15) is 13.2 Å². The first kappa shape index (κ1) is 25.0. The molecule has 6 N–H and O–H groups in total. The number of carbonyl (C=O) groups excluding carboxylic acids is 1. The monoisotopic (exact) mass is 514 g/mol. The van der Waals surface area contributed by atoms with Crippen molar-refractivity contribution in [2.24, 2.45) is 11.7 Å². The van der Waals surface area contributed by atoms with Crippen LogP contribution in [0.1, 0.15) is 16.9 Å². The van der Waals surface area contributed by atoms with E-state index in [4.69, 9.17) is 11.5 Å². The second-order valence-corrected chi connectivity index (χ2v) is 9.53. The summed E-state index contributed by atoms with van der Waals surface area (Å²) < 4.78 is 40.4. The first-order chi connectivity index (χ1) is 17.7. The number of piperazine rings is 1. The molecule has 1 amide bonds. The van der Waals surface area contributed by atoms with Gasteiger partial charge in [-0.15, -0.1) is 0 Å². The molecular formula is C25H29F3N8O. The largest absolute Gasteiger partial charge is 0.397 e. The van der Waals surface area contributed by atoms with E-state index in [-0.39, 0.29) is 36.6 Å². The molecule has 196 valence electrons. The Balaban J connectivity index is 1.41. The molecule has 2 saturated heterocycles. The fourth-order valence-electron chi connectivity index (χ4n) is 4.99. The zero-order chi connectivity index (χ0) is 26.2. The number of nitrogens with one attached hydrogen (secondary N) is 2. The molecule has 1 aromatic carbocycles. The van der Waals surface area contributed by atoms with Crippen LogP contribution in [0.4, 0.5) is 35.9 Å². The number of hydrogen-bond donors (Lipinski definition) is 4. The molecule has 2 aromatic heterocycles. The van der Waals surface area contributed by atoms with Crippen LogP contribution in [-0.2, 0) is 0 Å². The van der Waals surface area contributed by atoms with Gasteiger partial charge in [0, 0.05) is 62.6 Å². The van der Waals surface area contributed by atoms with Gasteiger partial charge in [-0.05, 0) is 30.7 Å². The molecule has 3 aromatic rings. The molecule has 2 unspecified atom stereocenters. The van der Waals surface area contributed by atoms with Crippen molar-refractivity contribution >= 4 is 39.6 Å². The summed E-state index contributed by atoms with van der Waals surface area (Å²) in [6.45, 7) is 3.49. The van der Waals surface area contributed by atoms with Crippen LogP contribution in [0.3, 0.4) is 0 Å². The predicted molar refractivity (Wildman–Crippen MR) is 138 cm³/mol. The summed E-state index contributed by atoms with van der Waals surface area (Å²) in [5.74, 6) is -2.13. The molecule has 2 atom stereocenters. The molecule has 37 heavy (non-hydrogen) atoms. The minimum Gasteiger partial charge on any atom is -0.397 e. The van der Waals surface area contributed by atoms with Crippen LogP contribution < -0.4 is 31.9 Å². The molecule has 0 radical (unpaired) electrons. The summed E-state index contributed by atoms with van der Waals surface area (Å²) in [6.07, 6.45) is -1.64. The molecule has 9 nitrogen and oxygen atoms in total. The Bertz CT molecular complexity index is 1290. The van der Waals surface area contributed by atoms with Gasteiger partial charge in [0.1, 0.15) is 0 Å². The number of carbonyl (C=O) groups is 1. The summed E-state index contributed by atoms with van der Waals surface area (Å²) >= 11 is 0. The van der Waals surface area contributed by atoms with Crippen LogP contribution in [-0.4, -0.2) is 67.4 Å². The number of nitrogens with zero attached hydrogens (tertiary/aromatic N) is 4. The Morgan fingerprint density at radius 1 is 1.11 bits per heavy atom. The van der Waals surface area contributed by atoms with Crippen molar-refractivity contribution in [3.05, 3.63) is 48.4 Å². The van der Waals surface area contributed by atoms with Crippen LogP contribution in [0.2, 0.25) is 0 Å². The van der Waals surface area contributed by atoms with Crippen LogP contribution >= 0.6 is 0 Å². The number of alkyl halides is 3. The lowest BCUT2D eigenvalue weighted by molar-refractivity contribution is -0.177. The summed E-state index contributed by atoms with van der Waals surface area (Å²) in [5.41, 5.74) is 14.7. The maximum atomic E-state index is 13.5. The first-order valence-electron chi connectivity index (χ1n) is 12.2. The minimum atomic E-state index is -4.36. The van der Waals surface area contributed by atoms with E-state index in [0.717, 1.165) is 37.3 Å². The minimum absolute atomic E-state index is 0.0308. The number of rotatable bonds is 4. The molecule has 2 aliphatic rings. The van der Waals surface area contributed by atoms with E-state index >= 15 is 0 Å². The maximum Gasteiger partial charge on any atom is 0.393 e. The lowest BCUT2D eigenvalue weighted by Gasteiger charge is -2.39. The number of halogens is 3. The van der Waals surface area contributed by atoms with Gasteiger partial charge < -0.3 is 31.9 Å². The van der Waals surface area contributed by atoms with E-state index in [1.807, 2.05) is 18.2 Å². The SMILES string of the molecule is Nc1cc2ccc(N3CCNCC3)cc2nc1C(=O)Nc1cnccc1N1CC(N)CC(C(F)(F)F)C1. The molecule has 12 heteroatoms. The average molecular weight is 515 g/mol. The topological polar surface area (TPSA) is 125 Å². The molecule has 0 spiro atoms. The first-order valence-corrected chi connectivity index (χ1v) is 12.2. The van der Waals surface area contributed by atoms with E-state index in [2.05, 4.69) is 25.5 Å². The van der Waals surface area contributed by atoms with Crippen LogP contribution in [0.25, 0.3) is 10.9 Å². The van der Waals surface area contributed by atoms with Crippen molar-refractivity contribution in [2.45, 2.75) is 18.6 Å². The molecule has 0 bridgehead atoms. The van der Waals surface area contributed by atoms with Gasteiger partial charge in [-0.3, -0.25) is 9.78 Å². The average Bonchev–Trinajstić information content (AvgIpc) is 2.88. The Hall–Kier alpha value is -3.64. The number of benzene rings is 1. The lowest BCUT2D eigenvalue weighted by Crippen LogP contribution is -2.51. The van der Waals surface area contributed by atoms with Crippen molar-refractivity contribution in [3.63, 3.8) is 0 Å². The third-order valence-electron chi connectivity index (χ3n) is 6.86. The van der Waals surface area contributed by atoms with Gasteiger partial charge in [-0.25, -0.2) is 4.98 Å². The number of fused-ring (bicyclic) bond motifs is 1. The van der Waals surface area contributed by atoms with Crippen molar-refractivity contribution in [2.75, 3.05) is 60.1 Å². The summed E-state index contributed by atoms with van der Waals surface area (Å²) in [5, 5.41) is 6.87. The van der Waals surface area contributed by atoms with Crippen molar-refractivity contribution in [1.29, 1.82) is 0 Å². The second kappa shape index (κ2) is 10.0. The van der Waals surface area contributed by atoms with Crippen molar-refractivity contribution in [1.82, 2.24) is 15.3 Å². The number of hydrogen-bond acceptors (Lipinski definition) is 8. The molecule has 0 aliphatic carbocycles. The Morgan fingerprint density at radius 2 is 1.89 bits per heavy atom. The van der Waals surface area contributed by atoms with Crippen LogP contribution in [0.15, 0.2) is 42.7 Å². The molecule has 0 saturated carbocycles. The standard InChI is InChI=1S/C25H29F3N8O/c26-25(27,28)16-10-17(29)14-36(13-16)22-3-4-32-12-21(22)34-24(37)23-19(30)9-15-1-2-18(11-20(15)33-23)35-7-5-31-6-8-35/h1-4,9,11-12,16-17,31H,5-8,10,13-14,29-30H2,(H,34,37). The Kier molecular flexibility index (Phi) is 6.78. The van der Waals surface area contributed by atoms with E-state index in [9.17, 15) is 18.0 Å². The van der Waals surface area contributed by atoms with Gasteiger partial charge in [-0.1, -0.05) is 6.07 Å². The molecule has 2 fully saturated rings. The number of aromatic nitrogens is 2. The lowest BCUT2D eigenvalue weighted by atomic mass is 9.93. The summed E-state index contributed by atoms with van der Waals surface area (Å²) in [7, 11) is 0. The third kappa shape index (κ3) is 5.39.